The van der Waals surface area contributed by atoms with E-state index in [0.29, 0.717) is 28.6 Å². The number of carbonyl (C=O) groups excluding carboxylic acids is 1. The molecule has 0 heterocycles. The number of halogens is 1. The van der Waals surface area contributed by atoms with E-state index in [4.69, 9.17) is 22.1 Å². The molecule has 1 aromatic carbocycles. The number of hydrogen-bond acceptors (Lipinski definition) is 4. The summed E-state index contributed by atoms with van der Waals surface area (Å²) in [5.41, 5.74) is 6.49. The minimum absolute atomic E-state index is 0.211. The van der Waals surface area contributed by atoms with Crippen LogP contribution in [0.2, 0.25) is 5.02 Å². The predicted octanol–water partition coefficient (Wildman–Crippen LogP) is 2.00. The van der Waals surface area contributed by atoms with Crippen LogP contribution in [0.4, 0.5) is 5.69 Å². The van der Waals surface area contributed by atoms with Gasteiger partial charge in [0.1, 0.15) is 5.75 Å². The molecule has 1 aromatic rings. The van der Waals surface area contributed by atoms with E-state index >= 15 is 0 Å². The zero-order valence-electron chi connectivity index (χ0n) is 12.2. The summed E-state index contributed by atoms with van der Waals surface area (Å²) in [7, 11) is 1.49. The van der Waals surface area contributed by atoms with Crippen LogP contribution in [0.3, 0.4) is 0 Å². The molecule has 0 aromatic heterocycles. The number of nitrogen functional groups attached to an aromatic ring is 1. The summed E-state index contributed by atoms with van der Waals surface area (Å²) in [6.45, 7) is 7.49. The van der Waals surface area contributed by atoms with Crippen LogP contribution in [-0.2, 0) is 0 Å². The van der Waals surface area contributed by atoms with Crippen molar-refractivity contribution < 1.29 is 9.53 Å². The third-order valence-electron chi connectivity index (χ3n) is 3.17. The van der Waals surface area contributed by atoms with Crippen molar-refractivity contribution in [2.45, 2.75) is 13.8 Å². The molecule has 1 rings (SSSR count). The fourth-order valence-corrected chi connectivity index (χ4v) is 2.03. The molecule has 0 atom stereocenters. The summed E-state index contributed by atoms with van der Waals surface area (Å²) < 4.78 is 5.16. The second-order valence-electron chi connectivity index (χ2n) is 4.36. The molecule has 0 aliphatic carbocycles. The number of methoxy groups -OCH3 is 1. The molecule has 1 amide bonds. The molecule has 20 heavy (non-hydrogen) atoms. The Hall–Kier alpha value is -1.46. The molecule has 3 N–H and O–H groups in total. The van der Waals surface area contributed by atoms with Crippen molar-refractivity contribution in [1.29, 1.82) is 0 Å². The normalized spacial score (nSPS) is 10.7. The van der Waals surface area contributed by atoms with Gasteiger partial charge in [0.25, 0.3) is 5.91 Å². The summed E-state index contributed by atoms with van der Waals surface area (Å²) in [5.74, 6) is 0.210. The fraction of sp³-hybridized carbons (Fsp3) is 0.500. The van der Waals surface area contributed by atoms with Crippen LogP contribution >= 0.6 is 11.6 Å². The SMILES string of the molecule is CCN(CC)CCNC(=O)c1cc(N)c(Cl)cc1OC. The highest BCUT2D eigenvalue weighted by Gasteiger charge is 2.14. The van der Waals surface area contributed by atoms with Gasteiger partial charge in [0.15, 0.2) is 0 Å². The lowest BCUT2D eigenvalue weighted by molar-refractivity contribution is 0.0946. The molecular formula is C14H22ClN3O2. The van der Waals surface area contributed by atoms with Gasteiger partial charge < -0.3 is 20.7 Å². The van der Waals surface area contributed by atoms with Crippen LogP contribution in [-0.4, -0.2) is 44.1 Å². The lowest BCUT2D eigenvalue weighted by Crippen LogP contribution is -2.34. The van der Waals surface area contributed by atoms with E-state index in [0.717, 1.165) is 19.6 Å². The van der Waals surface area contributed by atoms with Gasteiger partial charge in [-0.3, -0.25) is 4.79 Å². The molecule has 0 aliphatic heterocycles. The van der Waals surface area contributed by atoms with Crippen LogP contribution in [0.1, 0.15) is 24.2 Å². The Labute approximate surface area is 125 Å². The average Bonchev–Trinajstić information content (AvgIpc) is 2.45. The number of nitrogens with two attached hydrogens (primary N) is 1. The first-order valence-electron chi connectivity index (χ1n) is 6.67. The minimum atomic E-state index is -0.211. The van der Waals surface area contributed by atoms with E-state index in [1.165, 1.54) is 13.2 Å². The number of benzene rings is 1. The van der Waals surface area contributed by atoms with Crippen LogP contribution in [0.5, 0.6) is 5.75 Å². The monoisotopic (exact) mass is 299 g/mol. The highest BCUT2D eigenvalue weighted by Crippen LogP contribution is 2.28. The van der Waals surface area contributed by atoms with Crippen molar-refractivity contribution in [1.82, 2.24) is 10.2 Å². The summed E-state index contributed by atoms with van der Waals surface area (Å²) in [5, 5.41) is 3.24. The molecule has 0 spiro atoms. The van der Waals surface area contributed by atoms with Gasteiger partial charge in [-0.05, 0) is 19.2 Å². The van der Waals surface area contributed by atoms with E-state index < -0.39 is 0 Å². The number of hydrogen-bond donors (Lipinski definition) is 2. The Morgan fingerprint density at radius 1 is 1.40 bits per heavy atom. The van der Waals surface area contributed by atoms with Gasteiger partial charge in [0, 0.05) is 19.2 Å². The van der Waals surface area contributed by atoms with Crippen molar-refractivity contribution in [3.63, 3.8) is 0 Å². The summed E-state index contributed by atoms with van der Waals surface area (Å²) in [6, 6.07) is 3.09. The maximum Gasteiger partial charge on any atom is 0.255 e. The van der Waals surface area contributed by atoms with E-state index in [2.05, 4.69) is 24.1 Å². The molecule has 5 nitrogen and oxygen atoms in total. The van der Waals surface area contributed by atoms with Gasteiger partial charge >= 0.3 is 0 Å². The van der Waals surface area contributed by atoms with Gasteiger partial charge in [0.05, 0.1) is 23.4 Å². The Balaban J connectivity index is 2.70. The Morgan fingerprint density at radius 2 is 2.05 bits per heavy atom. The molecule has 0 aliphatic rings. The smallest absolute Gasteiger partial charge is 0.255 e. The van der Waals surface area contributed by atoms with Gasteiger partial charge in [0.2, 0.25) is 0 Å². The highest BCUT2D eigenvalue weighted by molar-refractivity contribution is 6.33. The summed E-state index contributed by atoms with van der Waals surface area (Å²) in [6.07, 6.45) is 0. The molecular weight excluding hydrogens is 278 g/mol. The maximum atomic E-state index is 12.1. The Morgan fingerprint density at radius 3 is 2.60 bits per heavy atom. The molecule has 0 radical (unpaired) electrons. The zero-order chi connectivity index (χ0) is 15.1. The third kappa shape index (κ3) is 4.28. The molecule has 0 saturated heterocycles. The van der Waals surface area contributed by atoms with Gasteiger partial charge in [-0.15, -0.1) is 0 Å². The van der Waals surface area contributed by atoms with Gasteiger partial charge in [-0.1, -0.05) is 25.4 Å². The van der Waals surface area contributed by atoms with Crippen molar-refractivity contribution >= 4 is 23.2 Å². The van der Waals surface area contributed by atoms with E-state index in [-0.39, 0.29) is 5.91 Å². The number of nitrogens with zero attached hydrogens (tertiary/aromatic N) is 1. The van der Waals surface area contributed by atoms with Crippen molar-refractivity contribution in [3.8, 4) is 5.75 Å². The Bertz CT molecular complexity index is 462. The number of ether oxygens (including phenoxy) is 1. The Kier molecular flexibility index (Phi) is 6.61. The highest BCUT2D eigenvalue weighted by atomic mass is 35.5. The molecule has 0 unspecified atom stereocenters. The van der Waals surface area contributed by atoms with Crippen molar-refractivity contribution in [3.05, 3.63) is 22.7 Å². The molecule has 0 fully saturated rings. The first kappa shape index (κ1) is 16.6. The molecule has 6 heteroatoms. The first-order valence-corrected chi connectivity index (χ1v) is 7.04. The lowest BCUT2D eigenvalue weighted by atomic mass is 10.1. The van der Waals surface area contributed by atoms with Crippen LogP contribution in [0.15, 0.2) is 12.1 Å². The van der Waals surface area contributed by atoms with Crippen molar-refractivity contribution in [2.75, 3.05) is 39.0 Å². The van der Waals surface area contributed by atoms with Crippen LogP contribution < -0.4 is 15.8 Å². The third-order valence-corrected chi connectivity index (χ3v) is 3.50. The molecule has 112 valence electrons. The van der Waals surface area contributed by atoms with E-state index in [1.807, 2.05) is 0 Å². The minimum Gasteiger partial charge on any atom is -0.496 e. The second kappa shape index (κ2) is 7.97. The van der Waals surface area contributed by atoms with Crippen LogP contribution in [0.25, 0.3) is 0 Å². The van der Waals surface area contributed by atoms with Crippen molar-refractivity contribution in [2.24, 2.45) is 0 Å². The molecule has 0 saturated carbocycles. The number of anilines is 1. The quantitative estimate of drug-likeness (QED) is 0.756. The zero-order valence-corrected chi connectivity index (χ0v) is 13.0. The van der Waals surface area contributed by atoms with Crippen LogP contribution in [0, 0.1) is 0 Å². The number of nitrogens with one attached hydrogen (secondary N) is 1. The summed E-state index contributed by atoms with van der Waals surface area (Å²) >= 11 is 5.91. The number of likely N-dealkylation sites (N-methyl/N-ethyl adjacent to an activating group) is 1. The van der Waals surface area contributed by atoms with E-state index in [9.17, 15) is 4.79 Å². The number of carbonyl (C=O) groups is 1. The first-order chi connectivity index (χ1) is 9.53. The summed E-state index contributed by atoms with van der Waals surface area (Å²) in [4.78, 5) is 14.4. The van der Waals surface area contributed by atoms with Gasteiger partial charge in [-0.2, -0.15) is 0 Å². The van der Waals surface area contributed by atoms with E-state index in [1.54, 1.807) is 6.07 Å². The van der Waals surface area contributed by atoms with Gasteiger partial charge in [-0.25, -0.2) is 0 Å². The standard InChI is InChI=1S/C14H22ClN3O2/c1-4-18(5-2)7-6-17-14(19)10-8-12(16)11(15)9-13(10)20-3/h8-9H,4-7,16H2,1-3H3,(H,17,19). The fourth-order valence-electron chi connectivity index (χ4n) is 1.88. The topological polar surface area (TPSA) is 67.6 Å². The predicted molar refractivity (Wildman–Crippen MR) is 82.5 cm³/mol. The largest absolute Gasteiger partial charge is 0.496 e. The average molecular weight is 300 g/mol. The number of amides is 1. The molecule has 0 bridgehead atoms. The number of rotatable bonds is 7. The lowest BCUT2D eigenvalue weighted by Gasteiger charge is -2.18. The second-order valence-corrected chi connectivity index (χ2v) is 4.76. The maximum absolute atomic E-state index is 12.1.